The third-order valence-electron chi connectivity index (χ3n) is 4.91. The monoisotopic (exact) mass is 406 g/mol. The van der Waals surface area contributed by atoms with Gasteiger partial charge in [0.25, 0.3) is 0 Å². The fourth-order valence-corrected chi connectivity index (χ4v) is 3.43. The van der Waals surface area contributed by atoms with Gasteiger partial charge in [0, 0.05) is 16.1 Å². The van der Waals surface area contributed by atoms with Gasteiger partial charge in [0.2, 0.25) is 5.79 Å². The summed E-state index contributed by atoms with van der Waals surface area (Å²) in [5.41, 5.74) is 2.35. The number of benzene rings is 2. The molecule has 0 spiro atoms. The van der Waals surface area contributed by atoms with Crippen molar-refractivity contribution in [3.63, 3.8) is 0 Å². The van der Waals surface area contributed by atoms with Crippen LogP contribution >= 0.6 is 11.6 Å². The minimum absolute atomic E-state index is 0.0871. The molecule has 3 rings (SSSR count). The molecule has 148 valence electrons. The van der Waals surface area contributed by atoms with Crippen LogP contribution in [0, 0.1) is 12.3 Å². The van der Waals surface area contributed by atoms with E-state index in [1.165, 1.54) is 18.2 Å². The molecule has 28 heavy (non-hydrogen) atoms. The molecule has 0 unspecified atom stereocenters. The van der Waals surface area contributed by atoms with Gasteiger partial charge in [-0.05, 0) is 41.8 Å². The molecule has 1 aliphatic heterocycles. The third-order valence-corrected chi connectivity index (χ3v) is 5.28. The molecule has 1 aliphatic rings. The van der Waals surface area contributed by atoms with Gasteiger partial charge in [0.05, 0.1) is 0 Å². The van der Waals surface area contributed by atoms with Gasteiger partial charge >= 0.3 is 0 Å². The van der Waals surface area contributed by atoms with Crippen LogP contribution in [-0.2, 0) is 16.9 Å². The van der Waals surface area contributed by atoms with Gasteiger partial charge in [-0.25, -0.2) is 4.39 Å². The Balaban J connectivity index is 1.94. The van der Waals surface area contributed by atoms with Crippen molar-refractivity contribution < 1.29 is 29.6 Å². The summed E-state index contributed by atoms with van der Waals surface area (Å²) in [7, 11) is 0. The van der Waals surface area contributed by atoms with Gasteiger partial charge in [-0.15, -0.1) is 6.42 Å². The Morgan fingerprint density at radius 2 is 1.79 bits per heavy atom. The van der Waals surface area contributed by atoms with E-state index >= 15 is 0 Å². The molecular weight excluding hydrogens is 387 g/mol. The van der Waals surface area contributed by atoms with Gasteiger partial charge in [0.15, 0.2) is 0 Å². The maximum Gasteiger partial charge on any atom is 0.222 e. The van der Waals surface area contributed by atoms with E-state index in [4.69, 9.17) is 22.8 Å². The molecule has 0 aliphatic carbocycles. The highest BCUT2D eigenvalue weighted by Gasteiger charge is 2.53. The van der Waals surface area contributed by atoms with Crippen molar-refractivity contribution in [2.75, 3.05) is 6.67 Å². The van der Waals surface area contributed by atoms with Gasteiger partial charge in [-0.3, -0.25) is 0 Å². The molecule has 0 amide bonds. The predicted octanol–water partition coefficient (Wildman–Crippen LogP) is 1.51. The molecule has 7 heteroatoms. The summed E-state index contributed by atoms with van der Waals surface area (Å²) in [4.78, 5) is 0. The standard InChI is InChI=1S/C21H20ClFO5/c1-2-12-3-5-13(6-4-12)9-14-10-15(7-8-16(14)22)21(27)20(26)19(25)18(24)17(11-23)28-21/h1,3-8,10,17-20,24-27H,9,11H2/t17-,18-,19+,20-,21-/m1/s1. The zero-order valence-corrected chi connectivity index (χ0v) is 15.6. The van der Waals surface area contributed by atoms with Crippen LogP contribution in [0.1, 0.15) is 22.3 Å². The number of hydrogen-bond donors (Lipinski definition) is 4. The Bertz CT molecular complexity index is 879. The molecule has 1 heterocycles. The number of rotatable bonds is 4. The molecule has 4 N–H and O–H groups in total. The average molecular weight is 407 g/mol. The molecule has 5 atom stereocenters. The van der Waals surface area contributed by atoms with Crippen molar-refractivity contribution in [1.29, 1.82) is 0 Å². The van der Waals surface area contributed by atoms with Gasteiger partial charge in [0.1, 0.15) is 31.1 Å². The zero-order valence-electron chi connectivity index (χ0n) is 14.8. The van der Waals surface area contributed by atoms with Crippen LogP contribution in [-0.4, -0.2) is 51.5 Å². The van der Waals surface area contributed by atoms with E-state index in [2.05, 4.69) is 5.92 Å². The van der Waals surface area contributed by atoms with Gasteiger partial charge < -0.3 is 25.2 Å². The molecule has 0 bridgehead atoms. The van der Waals surface area contributed by atoms with Crippen molar-refractivity contribution >= 4 is 11.6 Å². The predicted molar refractivity (Wildman–Crippen MR) is 101 cm³/mol. The van der Waals surface area contributed by atoms with E-state index in [-0.39, 0.29) is 5.56 Å². The number of hydrogen-bond acceptors (Lipinski definition) is 5. The topological polar surface area (TPSA) is 90.2 Å². The van der Waals surface area contributed by atoms with E-state index in [1.807, 2.05) is 12.1 Å². The number of alkyl halides is 1. The first-order valence-electron chi connectivity index (χ1n) is 8.65. The van der Waals surface area contributed by atoms with Crippen LogP contribution < -0.4 is 0 Å². The molecule has 5 nitrogen and oxygen atoms in total. The normalized spacial score (nSPS) is 30.0. The number of halogens is 2. The number of ether oxygens (including phenoxy) is 1. The van der Waals surface area contributed by atoms with Crippen LogP contribution in [0.2, 0.25) is 5.02 Å². The van der Waals surface area contributed by atoms with E-state index in [1.54, 1.807) is 12.1 Å². The SMILES string of the molecule is C#Cc1ccc(Cc2cc([C@@]3(O)O[C@H](CF)[C@@H](O)[C@H](O)[C@H]3O)ccc2Cl)cc1. The maximum atomic E-state index is 13.2. The maximum absolute atomic E-state index is 13.2. The smallest absolute Gasteiger partial charge is 0.222 e. The lowest BCUT2D eigenvalue weighted by Gasteiger charge is -2.45. The average Bonchev–Trinajstić information content (AvgIpc) is 2.71. The first-order chi connectivity index (χ1) is 13.3. The summed E-state index contributed by atoms with van der Waals surface area (Å²) in [6, 6.07) is 11.7. The van der Waals surface area contributed by atoms with Crippen molar-refractivity contribution in [3.8, 4) is 12.3 Å². The van der Waals surface area contributed by atoms with E-state index in [0.29, 0.717) is 17.0 Å². The van der Waals surface area contributed by atoms with E-state index in [0.717, 1.165) is 11.1 Å². The van der Waals surface area contributed by atoms with Gasteiger partial charge in [-0.1, -0.05) is 35.7 Å². The minimum Gasteiger partial charge on any atom is -0.387 e. The second kappa shape index (κ2) is 8.18. The molecule has 1 saturated heterocycles. The zero-order chi connectivity index (χ0) is 20.5. The molecule has 0 radical (unpaired) electrons. The molecular formula is C21H20ClFO5. The fourth-order valence-electron chi connectivity index (χ4n) is 3.24. The van der Waals surface area contributed by atoms with Crippen molar-refractivity contribution in [2.24, 2.45) is 0 Å². The summed E-state index contributed by atoms with van der Waals surface area (Å²) >= 11 is 6.27. The largest absolute Gasteiger partial charge is 0.387 e. The van der Waals surface area contributed by atoms with Crippen LogP contribution in [0.15, 0.2) is 42.5 Å². The number of aliphatic hydroxyl groups excluding tert-OH is 3. The quantitative estimate of drug-likeness (QED) is 0.578. The summed E-state index contributed by atoms with van der Waals surface area (Å²) in [5, 5.41) is 41.4. The molecule has 1 fully saturated rings. The first kappa shape index (κ1) is 20.7. The summed E-state index contributed by atoms with van der Waals surface area (Å²) in [5.74, 6) is 0.130. The molecule has 0 saturated carbocycles. The van der Waals surface area contributed by atoms with Gasteiger partial charge in [-0.2, -0.15) is 0 Å². The second-order valence-corrected chi connectivity index (χ2v) is 7.16. The highest BCUT2D eigenvalue weighted by molar-refractivity contribution is 6.31. The Hall–Kier alpha value is -1.98. The summed E-state index contributed by atoms with van der Waals surface area (Å²) in [6.07, 6.45) is -1.06. The summed E-state index contributed by atoms with van der Waals surface area (Å²) in [6.45, 7) is -1.14. The lowest BCUT2D eigenvalue weighted by atomic mass is 9.87. The minimum atomic E-state index is -2.40. The van der Waals surface area contributed by atoms with Crippen LogP contribution in [0.3, 0.4) is 0 Å². The lowest BCUT2D eigenvalue weighted by molar-refractivity contribution is -0.355. The molecule has 2 aromatic carbocycles. The third kappa shape index (κ3) is 3.78. The lowest BCUT2D eigenvalue weighted by Crippen LogP contribution is -2.63. The fraction of sp³-hybridized carbons (Fsp3) is 0.333. The van der Waals surface area contributed by atoms with Crippen molar-refractivity contribution in [3.05, 3.63) is 69.7 Å². The summed E-state index contributed by atoms with van der Waals surface area (Å²) < 4.78 is 18.4. The Labute approximate surface area is 167 Å². The van der Waals surface area contributed by atoms with E-state index < -0.39 is 36.9 Å². The van der Waals surface area contributed by atoms with Crippen molar-refractivity contribution in [2.45, 2.75) is 36.6 Å². The Kier molecular flexibility index (Phi) is 6.06. The first-order valence-corrected chi connectivity index (χ1v) is 9.02. The van der Waals surface area contributed by atoms with Crippen LogP contribution in [0.25, 0.3) is 0 Å². The van der Waals surface area contributed by atoms with E-state index in [9.17, 15) is 24.8 Å². The number of terminal acetylenes is 1. The molecule has 2 aromatic rings. The Morgan fingerprint density at radius 1 is 1.11 bits per heavy atom. The highest BCUT2D eigenvalue weighted by Crippen LogP contribution is 2.38. The van der Waals surface area contributed by atoms with Crippen LogP contribution in [0.4, 0.5) is 4.39 Å². The van der Waals surface area contributed by atoms with Crippen LogP contribution in [0.5, 0.6) is 0 Å². The Morgan fingerprint density at radius 3 is 2.39 bits per heavy atom. The van der Waals surface area contributed by atoms with Crippen molar-refractivity contribution in [1.82, 2.24) is 0 Å². The highest BCUT2D eigenvalue weighted by atomic mass is 35.5. The number of aliphatic hydroxyl groups is 4. The molecule has 0 aromatic heterocycles. The second-order valence-electron chi connectivity index (χ2n) is 6.76.